The molecule has 0 radical (unpaired) electrons. The molecule has 2 heteroatoms. The van der Waals surface area contributed by atoms with E-state index in [1.807, 2.05) is 0 Å². The molecule has 0 heterocycles. The number of hydrogen-bond donors (Lipinski definition) is 0. The molecule has 0 aromatic heterocycles. The molecule has 0 saturated carbocycles. The van der Waals surface area contributed by atoms with Crippen molar-refractivity contribution >= 4 is 6.01 Å². The number of aliphatic imine (C=N–C) groups is 2. The Morgan fingerprint density at radius 1 is 1.50 bits per heavy atom. The summed E-state index contributed by atoms with van der Waals surface area (Å²) in [6.45, 7) is 3.01. The summed E-state index contributed by atoms with van der Waals surface area (Å²) in [6, 6.07) is 2.53. The molecule has 0 N–H and O–H groups in total. The second-order valence-corrected chi connectivity index (χ2v) is 1.56. The quantitative estimate of drug-likeness (QED) is 0.391. The molecule has 0 spiro atoms. The number of rotatable bonds is 3. The average Bonchev–Trinajstić information content (AvgIpc) is 1.81. The highest BCUT2D eigenvalue weighted by molar-refractivity contribution is 5.40. The van der Waals surface area contributed by atoms with Crippen LogP contribution in [0.15, 0.2) is 9.98 Å². The largest absolute Gasteiger partial charge is 0.229 e. The minimum Gasteiger partial charge on any atom is -0.229 e. The molecule has 0 aliphatic rings. The van der Waals surface area contributed by atoms with Crippen LogP contribution in [-0.2, 0) is 0 Å². The van der Waals surface area contributed by atoms with Crippen LogP contribution in [0, 0.1) is 0 Å². The van der Waals surface area contributed by atoms with Gasteiger partial charge in [-0.15, -0.1) is 0 Å². The van der Waals surface area contributed by atoms with Gasteiger partial charge in [0.15, 0.2) is 0 Å². The van der Waals surface area contributed by atoms with Crippen LogP contribution in [0.5, 0.6) is 0 Å². The predicted octanol–water partition coefficient (Wildman–Crippen LogP) is 1.59. The first-order valence-electron chi connectivity index (χ1n) is 2.92. The van der Waals surface area contributed by atoms with Gasteiger partial charge in [0.2, 0.25) is 0 Å². The Labute approximate surface area is 50.4 Å². The molecule has 0 saturated heterocycles. The van der Waals surface area contributed by atoms with Gasteiger partial charge in [-0.25, -0.2) is 9.98 Å². The van der Waals surface area contributed by atoms with E-state index in [0.29, 0.717) is 0 Å². The van der Waals surface area contributed by atoms with E-state index in [4.69, 9.17) is 0 Å². The van der Waals surface area contributed by atoms with Gasteiger partial charge in [-0.1, -0.05) is 13.3 Å². The molecule has 0 amide bonds. The third-order valence-corrected chi connectivity index (χ3v) is 0.794. The number of nitrogens with zero attached hydrogens (tertiary/aromatic N) is 2. The van der Waals surface area contributed by atoms with E-state index in [1.54, 1.807) is 7.05 Å². The van der Waals surface area contributed by atoms with Crippen molar-refractivity contribution in [3.63, 3.8) is 0 Å². The summed E-state index contributed by atoms with van der Waals surface area (Å²) in [4.78, 5) is 7.45. The zero-order valence-corrected chi connectivity index (χ0v) is 5.52. The van der Waals surface area contributed by atoms with Crippen molar-refractivity contribution in [2.24, 2.45) is 9.98 Å². The van der Waals surface area contributed by atoms with Crippen LogP contribution in [0.1, 0.15) is 19.8 Å². The van der Waals surface area contributed by atoms with Gasteiger partial charge in [-0.3, -0.25) is 0 Å². The Hall–Kier alpha value is -0.620. The van der Waals surface area contributed by atoms with Crippen LogP contribution in [-0.4, -0.2) is 19.6 Å². The van der Waals surface area contributed by atoms with Gasteiger partial charge in [0.1, 0.15) is 0 Å². The maximum atomic E-state index is 3.86. The minimum absolute atomic E-state index is 0.869. The van der Waals surface area contributed by atoms with E-state index >= 15 is 0 Å². The summed E-state index contributed by atoms with van der Waals surface area (Å²) < 4.78 is 0. The summed E-state index contributed by atoms with van der Waals surface area (Å²) >= 11 is 0. The van der Waals surface area contributed by atoms with Gasteiger partial charge in [0, 0.05) is 13.6 Å². The van der Waals surface area contributed by atoms with Crippen LogP contribution in [0.3, 0.4) is 0 Å². The molecule has 0 fully saturated rings. The monoisotopic (exact) mass is 112 g/mol. The molecule has 0 aromatic rings. The third kappa shape index (κ3) is 5.38. The molecule has 0 rings (SSSR count). The van der Waals surface area contributed by atoms with E-state index in [-0.39, 0.29) is 0 Å². The fourth-order valence-electron chi connectivity index (χ4n) is 0.358. The predicted molar refractivity (Wildman–Crippen MR) is 35.6 cm³/mol. The average molecular weight is 112 g/mol. The summed E-state index contributed by atoms with van der Waals surface area (Å²) in [5.74, 6) is 0. The Morgan fingerprint density at radius 3 is 2.75 bits per heavy atom. The van der Waals surface area contributed by atoms with E-state index < -0.39 is 0 Å². The van der Waals surface area contributed by atoms with Crippen molar-refractivity contribution < 1.29 is 0 Å². The van der Waals surface area contributed by atoms with E-state index in [2.05, 4.69) is 22.9 Å². The van der Waals surface area contributed by atoms with Crippen LogP contribution >= 0.6 is 0 Å². The lowest BCUT2D eigenvalue weighted by Gasteiger charge is -1.82. The van der Waals surface area contributed by atoms with Crippen LogP contribution in [0.4, 0.5) is 0 Å². The van der Waals surface area contributed by atoms with Crippen molar-refractivity contribution in [2.45, 2.75) is 19.8 Å². The van der Waals surface area contributed by atoms with Gasteiger partial charge < -0.3 is 0 Å². The summed E-state index contributed by atoms with van der Waals surface area (Å²) in [6.07, 6.45) is 2.33. The maximum absolute atomic E-state index is 3.86. The van der Waals surface area contributed by atoms with Crippen LogP contribution < -0.4 is 0 Å². The Kier molecular flexibility index (Phi) is 5.89. The molecule has 8 heavy (non-hydrogen) atoms. The first kappa shape index (κ1) is 7.38. The van der Waals surface area contributed by atoms with Crippen molar-refractivity contribution in [2.75, 3.05) is 13.6 Å². The molecule has 0 unspecified atom stereocenters. The number of unbranched alkanes of at least 4 members (excludes halogenated alkanes) is 1. The fraction of sp³-hybridized carbons (Fsp3) is 0.833. The second kappa shape index (κ2) is 6.38. The smallest absolute Gasteiger partial charge is 0.0889 e. The normalized spacial score (nSPS) is 7.75. The first-order valence-corrected chi connectivity index (χ1v) is 2.92. The highest BCUT2D eigenvalue weighted by atomic mass is 14.8. The van der Waals surface area contributed by atoms with E-state index in [9.17, 15) is 0 Å². The van der Waals surface area contributed by atoms with Gasteiger partial charge >= 0.3 is 0 Å². The Morgan fingerprint density at radius 2 is 2.25 bits per heavy atom. The number of hydrogen-bond acceptors (Lipinski definition) is 2. The fourth-order valence-corrected chi connectivity index (χ4v) is 0.358. The van der Waals surface area contributed by atoms with E-state index in [1.165, 1.54) is 6.42 Å². The Bertz CT molecular complexity index is 90.7. The summed E-state index contributed by atoms with van der Waals surface area (Å²) in [5, 5.41) is 0. The SMILES string of the molecule is CCCCN=C=NC. The van der Waals surface area contributed by atoms with Crippen LogP contribution in [0.2, 0.25) is 0 Å². The summed E-state index contributed by atoms with van der Waals surface area (Å²) in [7, 11) is 1.68. The molecule has 0 aliphatic carbocycles. The molecule has 0 atom stereocenters. The summed E-state index contributed by atoms with van der Waals surface area (Å²) in [5.41, 5.74) is 0. The van der Waals surface area contributed by atoms with Crippen molar-refractivity contribution in [1.29, 1.82) is 0 Å². The van der Waals surface area contributed by atoms with Crippen molar-refractivity contribution in [1.82, 2.24) is 0 Å². The lowest BCUT2D eigenvalue weighted by atomic mass is 10.3. The topological polar surface area (TPSA) is 24.7 Å². The maximum Gasteiger partial charge on any atom is 0.0889 e. The Balaban J connectivity index is 3.04. The molecule has 0 bridgehead atoms. The molecule has 0 aromatic carbocycles. The van der Waals surface area contributed by atoms with Gasteiger partial charge in [-0.2, -0.15) is 0 Å². The van der Waals surface area contributed by atoms with Gasteiger partial charge in [0.05, 0.1) is 6.01 Å². The highest BCUT2D eigenvalue weighted by Gasteiger charge is 1.74. The van der Waals surface area contributed by atoms with Crippen molar-refractivity contribution in [3.05, 3.63) is 0 Å². The minimum atomic E-state index is 0.869. The van der Waals surface area contributed by atoms with Crippen molar-refractivity contribution in [3.8, 4) is 0 Å². The zero-order chi connectivity index (χ0) is 6.24. The molecule has 2 nitrogen and oxygen atoms in total. The molecular formula is C6H12N2. The third-order valence-electron chi connectivity index (χ3n) is 0.794. The van der Waals surface area contributed by atoms with Gasteiger partial charge in [-0.05, 0) is 6.42 Å². The molecular weight excluding hydrogens is 100 g/mol. The second-order valence-electron chi connectivity index (χ2n) is 1.56. The molecule has 46 valence electrons. The highest BCUT2D eigenvalue weighted by Crippen LogP contribution is 1.83. The lowest BCUT2D eigenvalue weighted by Crippen LogP contribution is -1.75. The van der Waals surface area contributed by atoms with E-state index in [0.717, 1.165) is 13.0 Å². The standard InChI is InChI=1S/C6H12N2/c1-3-4-5-8-6-7-2/h3-5H2,1-2H3. The first-order chi connectivity index (χ1) is 3.91. The zero-order valence-electron chi connectivity index (χ0n) is 5.52. The molecule has 0 aliphatic heterocycles. The van der Waals surface area contributed by atoms with Crippen LogP contribution in [0.25, 0.3) is 0 Å². The van der Waals surface area contributed by atoms with Gasteiger partial charge in [0.25, 0.3) is 0 Å². The lowest BCUT2D eigenvalue weighted by molar-refractivity contribution is 0.810.